The van der Waals surface area contributed by atoms with Crippen LogP contribution < -0.4 is 10.5 Å². The van der Waals surface area contributed by atoms with Gasteiger partial charge in [0, 0.05) is 32.9 Å². The lowest BCUT2D eigenvalue weighted by Gasteiger charge is -2.32. The molecule has 1 aliphatic rings. The Labute approximate surface area is 182 Å². The van der Waals surface area contributed by atoms with E-state index in [1.807, 2.05) is 39.0 Å². The number of carbonyl (C=O) groups excluding carboxylic acids is 2. The van der Waals surface area contributed by atoms with Crippen LogP contribution in [-0.4, -0.2) is 42.0 Å². The number of nitrogens with one attached hydrogen (secondary N) is 1. The van der Waals surface area contributed by atoms with E-state index in [4.69, 9.17) is 10.5 Å². The van der Waals surface area contributed by atoms with Gasteiger partial charge in [-0.15, -0.1) is 0 Å². The Hall–Kier alpha value is -2.85. The fourth-order valence-corrected chi connectivity index (χ4v) is 4.59. The average molecular weight is 449 g/mol. The lowest BCUT2D eigenvalue weighted by atomic mass is 9.95. The molecule has 31 heavy (non-hydrogen) atoms. The number of fused-ring (bicyclic) bond motifs is 1. The minimum absolute atomic E-state index is 0.0234. The summed E-state index contributed by atoms with van der Waals surface area (Å²) >= 11 is 0. The van der Waals surface area contributed by atoms with Gasteiger partial charge in [-0.1, -0.05) is 18.2 Å². The Morgan fingerprint density at radius 3 is 2.58 bits per heavy atom. The standard InChI is InChI=1S/C21H28N4O5S/c1-21(2,3)30-20(27)25-9-8-17-14(6-5-7-15(17)12-25)11-23-31(28,29)16-10-18(19(22)26)24(4)13-16/h5-7,10,13,23H,8-9,11-12H2,1-4H3,(H2,22,26). The van der Waals surface area contributed by atoms with Crippen molar-refractivity contribution in [2.24, 2.45) is 12.8 Å². The maximum atomic E-state index is 12.7. The first kappa shape index (κ1) is 22.8. The Morgan fingerprint density at radius 1 is 1.26 bits per heavy atom. The molecule has 0 unspecified atom stereocenters. The fourth-order valence-electron chi connectivity index (χ4n) is 3.52. The number of benzene rings is 1. The van der Waals surface area contributed by atoms with Crippen LogP contribution in [0.5, 0.6) is 0 Å². The third-order valence-corrected chi connectivity index (χ3v) is 6.38. The second kappa shape index (κ2) is 8.35. The summed E-state index contributed by atoms with van der Waals surface area (Å²) in [7, 11) is -2.27. The third-order valence-electron chi connectivity index (χ3n) is 5.01. The molecule has 3 N–H and O–H groups in total. The Balaban J connectivity index is 1.73. The molecule has 2 aromatic rings. The highest BCUT2D eigenvalue weighted by atomic mass is 32.2. The predicted octanol–water partition coefficient (Wildman–Crippen LogP) is 1.90. The lowest BCUT2D eigenvalue weighted by molar-refractivity contribution is 0.0223. The average Bonchev–Trinajstić information content (AvgIpc) is 3.07. The van der Waals surface area contributed by atoms with Gasteiger partial charge in [-0.25, -0.2) is 17.9 Å². The van der Waals surface area contributed by atoms with Crippen molar-refractivity contribution in [3.8, 4) is 0 Å². The summed E-state index contributed by atoms with van der Waals surface area (Å²) < 4.78 is 34.8. The first-order valence-corrected chi connectivity index (χ1v) is 11.4. The van der Waals surface area contributed by atoms with Crippen LogP contribution in [0.2, 0.25) is 0 Å². The summed E-state index contributed by atoms with van der Waals surface area (Å²) in [5.41, 5.74) is 7.64. The molecule has 2 heterocycles. The van der Waals surface area contributed by atoms with Crippen molar-refractivity contribution >= 4 is 22.0 Å². The van der Waals surface area contributed by atoms with Gasteiger partial charge in [-0.2, -0.15) is 0 Å². The fraction of sp³-hybridized carbons (Fsp3) is 0.429. The molecule has 9 nitrogen and oxygen atoms in total. The highest BCUT2D eigenvalue weighted by Gasteiger charge is 2.27. The second-order valence-corrected chi connectivity index (χ2v) is 10.3. The van der Waals surface area contributed by atoms with Crippen LogP contribution in [0, 0.1) is 0 Å². The molecule has 0 fully saturated rings. The van der Waals surface area contributed by atoms with E-state index in [0.29, 0.717) is 19.5 Å². The van der Waals surface area contributed by atoms with E-state index in [2.05, 4.69) is 4.72 Å². The summed E-state index contributed by atoms with van der Waals surface area (Å²) in [6, 6.07) is 6.89. The SMILES string of the molecule is Cn1cc(S(=O)(=O)NCc2cccc3c2CCN(C(=O)OC(C)(C)C)C3)cc1C(N)=O. The minimum atomic E-state index is -3.83. The number of nitrogens with two attached hydrogens (primary N) is 1. The van der Waals surface area contributed by atoms with Gasteiger partial charge in [-0.3, -0.25) is 4.79 Å². The van der Waals surface area contributed by atoms with E-state index in [9.17, 15) is 18.0 Å². The van der Waals surface area contributed by atoms with E-state index in [1.54, 1.807) is 11.9 Å². The van der Waals surface area contributed by atoms with Gasteiger partial charge in [0.05, 0.1) is 0 Å². The normalized spacial score (nSPS) is 14.3. The molecular weight excluding hydrogens is 420 g/mol. The number of amides is 2. The Kier molecular flexibility index (Phi) is 6.15. The molecule has 2 amide bonds. The van der Waals surface area contributed by atoms with Crippen molar-refractivity contribution < 1.29 is 22.7 Å². The number of aromatic nitrogens is 1. The van der Waals surface area contributed by atoms with Crippen LogP contribution in [0.15, 0.2) is 35.4 Å². The molecule has 0 aliphatic carbocycles. The summed E-state index contributed by atoms with van der Waals surface area (Å²) in [6.07, 6.45) is 1.59. The van der Waals surface area contributed by atoms with Crippen LogP contribution in [0.25, 0.3) is 0 Å². The number of rotatable bonds is 5. The maximum absolute atomic E-state index is 12.7. The molecule has 0 atom stereocenters. The molecule has 1 aromatic heterocycles. The number of nitrogens with zero attached hydrogens (tertiary/aromatic N) is 2. The number of sulfonamides is 1. The molecule has 10 heteroatoms. The molecule has 0 saturated carbocycles. The molecule has 1 aliphatic heterocycles. The zero-order valence-electron chi connectivity index (χ0n) is 18.1. The predicted molar refractivity (Wildman–Crippen MR) is 115 cm³/mol. The van der Waals surface area contributed by atoms with Crippen molar-refractivity contribution in [1.29, 1.82) is 0 Å². The highest BCUT2D eigenvalue weighted by molar-refractivity contribution is 7.89. The Bertz CT molecular complexity index is 1120. The minimum Gasteiger partial charge on any atom is -0.444 e. The molecule has 168 valence electrons. The highest BCUT2D eigenvalue weighted by Crippen LogP contribution is 2.24. The van der Waals surface area contributed by atoms with Crippen molar-refractivity contribution in [3.05, 3.63) is 52.8 Å². The smallest absolute Gasteiger partial charge is 0.410 e. The maximum Gasteiger partial charge on any atom is 0.410 e. The summed E-state index contributed by atoms with van der Waals surface area (Å²) in [5, 5.41) is 0. The monoisotopic (exact) mass is 448 g/mol. The Morgan fingerprint density at radius 2 is 1.97 bits per heavy atom. The number of hydrogen-bond donors (Lipinski definition) is 2. The van der Waals surface area contributed by atoms with Crippen LogP contribution in [0.1, 0.15) is 48.0 Å². The van der Waals surface area contributed by atoms with Crippen molar-refractivity contribution in [2.45, 2.75) is 50.8 Å². The summed E-state index contributed by atoms with van der Waals surface area (Å²) in [5.74, 6) is -0.698. The number of aryl methyl sites for hydroxylation is 1. The van der Waals surface area contributed by atoms with Crippen LogP contribution in [-0.2, 0) is 41.3 Å². The van der Waals surface area contributed by atoms with E-state index >= 15 is 0 Å². The van der Waals surface area contributed by atoms with Gasteiger partial charge in [0.25, 0.3) is 5.91 Å². The van der Waals surface area contributed by atoms with Gasteiger partial charge in [0.1, 0.15) is 16.2 Å². The molecule has 0 radical (unpaired) electrons. The summed E-state index contributed by atoms with van der Waals surface area (Å²) in [4.78, 5) is 25.4. The zero-order chi connectivity index (χ0) is 23.0. The third kappa shape index (κ3) is 5.26. The number of carbonyl (C=O) groups is 2. The number of primary amides is 1. The van der Waals surface area contributed by atoms with Crippen LogP contribution >= 0.6 is 0 Å². The van der Waals surface area contributed by atoms with Gasteiger partial charge in [-0.05, 0) is 49.9 Å². The second-order valence-electron chi connectivity index (χ2n) is 8.57. The van der Waals surface area contributed by atoms with E-state index in [-0.39, 0.29) is 23.2 Å². The van der Waals surface area contributed by atoms with E-state index in [1.165, 1.54) is 16.8 Å². The van der Waals surface area contributed by atoms with Crippen molar-refractivity contribution in [3.63, 3.8) is 0 Å². The molecule has 1 aromatic carbocycles. The molecule has 0 spiro atoms. The van der Waals surface area contributed by atoms with E-state index < -0.39 is 21.5 Å². The van der Waals surface area contributed by atoms with Gasteiger partial charge >= 0.3 is 6.09 Å². The topological polar surface area (TPSA) is 124 Å². The molecule has 0 saturated heterocycles. The van der Waals surface area contributed by atoms with Gasteiger partial charge in [0.15, 0.2) is 0 Å². The van der Waals surface area contributed by atoms with E-state index in [0.717, 1.165) is 16.7 Å². The molecule has 0 bridgehead atoms. The largest absolute Gasteiger partial charge is 0.444 e. The van der Waals surface area contributed by atoms with Gasteiger partial charge < -0.3 is 19.9 Å². The lowest BCUT2D eigenvalue weighted by Crippen LogP contribution is -2.40. The molecular formula is C21H28N4O5S. The van der Waals surface area contributed by atoms with Crippen LogP contribution in [0.3, 0.4) is 0 Å². The quantitative estimate of drug-likeness (QED) is 0.723. The zero-order valence-corrected chi connectivity index (χ0v) is 19.0. The van der Waals surface area contributed by atoms with Crippen molar-refractivity contribution in [2.75, 3.05) is 6.54 Å². The molecule has 3 rings (SSSR count). The van der Waals surface area contributed by atoms with Gasteiger partial charge in [0.2, 0.25) is 10.0 Å². The summed E-state index contributed by atoms with van der Waals surface area (Å²) in [6.45, 7) is 6.47. The first-order valence-electron chi connectivity index (χ1n) is 9.91. The van der Waals surface area contributed by atoms with Crippen LogP contribution in [0.4, 0.5) is 4.79 Å². The first-order chi connectivity index (χ1) is 14.4. The van der Waals surface area contributed by atoms with Crippen molar-refractivity contribution in [1.82, 2.24) is 14.2 Å². The number of hydrogen-bond acceptors (Lipinski definition) is 5. The number of ether oxygens (including phenoxy) is 1.